The maximum absolute atomic E-state index is 6.33. The molecule has 5 nitrogen and oxygen atoms in total. The fourth-order valence-electron chi connectivity index (χ4n) is 9.44. The minimum Gasteiger partial charge on any atom is -0.456 e. The molecule has 3 heterocycles. The molecule has 0 bridgehead atoms. The van der Waals surface area contributed by atoms with Gasteiger partial charge < -0.3 is 8.98 Å². The predicted molar refractivity (Wildman–Crippen MR) is 256 cm³/mol. The van der Waals surface area contributed by atoms with Gasteiger partial charge in [0.2, 0.25) is 0 Å². The fraction of sp³-hybridized carbons (Fsp3) is 0. The molecule has 0 atom stereocenters. The molecular weight excluding hydrogens is 757 g/mol. The largest absolute Gasteiger partial charge is 0.456 e. The molecule has 0 saturated carbocycles. The van der Waals surface area contributed by atoms with Gasteiger partial charge in [0, 0.05) is 43.9 Å². The van der Waals surface area contributed by atoms with Crippen LogP contribution in [0.5, 0.6) is 0 Å². The van der Waals surface area contributed by atoms with Crippen molar-refractivity contribution in [3.05, 3.63) is 206 Å². The van der Waals surface area contributed by atoms with Gasteiger partial charge in [-0.1, -0.05) is 152 Å². The second-order valence-corrected chi connectivity index (χ2v) is 16.0. The van der Waals surface area contributed by atoms with Gasteiger partial charge in [-0.3, -0.25) is 0 Å². The van der Waals surface area contributed by atoms with Gasteiger partial charge in [-0.15, -0.1) is 0 Å². The van der Waals surface area contributed by atoms with Crippen LogP contribution in [0.2, 0.25) is 0 Å². The van der Waals surface area contributed by atoms with E-state index in [1.54, 1.807) is 0 Å². The van der Waals surface area contributed by atoms with Crippen LogP contribution in [-0.4, -0.2) is 19.5 Å². The minimum absolute atomic E-state index is 0.587. The van der Waals surface area contributed by atoms with Crippen LogP contribution in [0.3, 0.4) is 0 Å². The van der Waals surface area contributed by atoms with Gasteiger partial charge in [-0.25, -0.2) is 15.0 Å². The number of hydrogen-bond acceptors (Lipinski definition) is 4. The number of fused-ring (bicyclic) bond motifs is 9. The Morgan fingerprint density at radius 2 is 0.855 bits per heavy atom. The van der Waals surface area contributed by atoms with E-state index in [4.69, 9.17) is 19.4 Å². The summed E-state index contributed by atoms with van der Waals surface area (Å²) in [6, 6.07) is 73.0. The number of aromatic nitrogens is 4. The molecule has 5 heteroatoms. The number of hydrogen-bond donors (Lipinski definition) is 0. The quantitative estimate of drug-likeness (QED) is 0.174. The van der Waals surface area contributed by atoms with Crippen molar-refractivity contribution in [2.75, 3.05) is 0 Å². The van der Waals surface area contributed by atoms with Crippen LogP contribution >= 0.6 is 0 Å². The molecule has 0 aliphatic heterocycles. The molecule has 10 aromatic carbocycles. The molecule has 0 amide bonds. The Labute approximate surface area is 355 Å². The van der Waals surface area contributed by atoms with Crippen molar-refractivity contribution in [1.29, 1.82) is 0 Å². The summed E-state index contributed by atoms with van der Waals surface area (Å²) in [6.07, 6.45) is 0. The van der Waals surface area contributed by atoms with Crippen LogP contribution in [0.25, 0.3) is 127 Å². The fourth-order valence-corrected chi connectivity index (χ4v) is 9.44. The average Bonchev–Trinajstić information content (AvgIpc) is 3.87. The van der Waals surface area contributed by atoms with Gasteiger partial charge in [-0.2, -0.15) is 0 Å². The number of furan rings is 1. The summed E-state index contributed by atoms with van der Waals surface area (Å²) in [4.78, 5) is 15.8. The van der Waals surface area contributed by atoms with E-state index in [1.807, 2.05) is 30.3 Å². The van der Waals surface area contributed by atoms with Gasteiger partial charge in [0.25, 0.3) is 0 Å². The van der Waals surface area contributed by atoms with Crippen molar-refractivity contribution in [2.24, 2.45) is 0 Å². The standard InChI is InChI=1S/C57H34N4O/c1-2-14-36-29-42(28-27-35(36)13-1)55-58-56(60-57(59-55)47-24-12-26-53-54(47)46-23-9-10-25-52(46)62-53)45-22-8-7-21-44(45)41-19-11-20-43(30-41)61-50-33-39-17-5-3-15-37(39)31-48(50)49-32-38-16-4-6-18-40(38)34-51(49)61/h1-34H. The van der Waals surface area contributed by atoms with Gasteiger partial charge in [-0.05, 0) is 98.0 Å². The highest BCUT2D eigenvalue weighted by Crippen LogP contribution is 2.41. The smallest absolute Gasteiger partial charge is 0.164 e. The molecule has 0 aliphatic rings. The minimum atomic E-state index is 0.587. The summed E-state index contributed by atoms with van der Waals surface area (Å²) in [5.74, 6) is 1.79. The molecule has 0 N–H and O–H groups in total. The molecule has 62 heavy (non-hydrogen) atoms. The van der Waals surface area contributed by atoms with E-state index in [9.17, 15) is 0 Å². The zero-order valence-electron chi connectivity index (χ0n) is 33.3. The van der Waals surface area contributed by atoms with E-state index < -0.39 is 0 Å². The van der Waals surface area contributed by atoms with E-state index in [0.717, 1.165) is 66.2 Å². The summed E-state index contributed by atoms with van der Waals surface area (Å²) >= 11 is 0. The molecule has 288 valence electrons. The SMILES string of the molecule is c1cc(-c2ccccc2-c2nc(-c3ccc4ccccc4c3)nc(-c3cccc4oc5ccccc5c34)n2)cc(-n2c3cc4ccccc4cc3c3cc4ccccc4cc32)c1. The van der Waals surface area contributed by atoms with Gasteiger partial charge in [0.1, 0.15) is 11.2 Å². The highest BCUT2D eigenvalue weighted by molar-refractivity contribution is 6.17. The number of nitrogens with zero attached hydrogens (tertiary/aromatic N) is 4. The summed E-state index contributed by atoms with van der Waals surface area (Å²) in [7, 11) is 0. The van der Waals surface area contributed by atoms with Crippen LogP contribution in [0.1, 0.15) is 0 Å². The Kier molecular flexibility index (Phi) is 7.54. The summed E-state index contributed by atoms with van der Waals surface area (Å²) < 4.78 is 8.75. The van der Waals surface area contributed by atoms with Crippen molar-refractivity contribution in [2.45, 2.75) is 0 Å². The van der Waals surface area contributed by atoms with Gasteiger partial charge in [0.05, 0.1) is 11.0 Å². The Balaban J connectivity index is 1.03. The van der Waals surface area contributed by atoms with Crippen molar-refractivity contribution < 1.29 is 4.42 Å². The van der Waals surface area contributed by atoms with Crippen LogP contribution in [-0.2, 0) is 0 Å². The molecule has 3 aromatic heterocycles. The maximum atomic E-state index is 6.33. The molecule has 0 aliphatic carbocycles. The first kappa shape index (κ1) is 34.5. The van der Waals surface area contributed by atoms with Gasteiger partial charge >= 0.3 is 0 Å². The Morgan fingerprint density at radius 1 is 0.323 bits per heavy atom. The summed E-state index contributed by atoms with van der Waals surface area (Å²) in [5, 5.41) is 11.6. The molecule has 0 fully saturated rings. The molecular formula is C57H34N4O. The Bertz CT molecular complexity index is 3860. The lowest BCUT2D eigenvalue weighted by Gasteiger charge is -2.14. The van der Waals surface area contributed by atoms with Crippen molar-refractivity contribution in [3.63, 3.8) is 0 Å². The third-order valence-corrected chi connectivity index (χ3v) is 12.4. The maximum Gasteiger partial charge on any atom is 0.164 e. The van der Waals surface area contributed by atoms with Gasteiger partial charge in [0.15, 0.2) is 17.5 Å². The Morgan fingerprint density at radius 3 is 1.58 bits per heavy atom. The first-order chi connectivity index (χ1) is 30.7. The molecule has 0 saturated heterocycles. The molecule has 0 unspecified atom stereocenters. The van der Waals surface area contributed by atoms with E-state index in [-0.39, 0.29) is 0 Å². The Hall–Kier alpha value is -8.41. The normalized spacial score (nSPS) is 11.9. The van der Waals surface area contributed by atoms with E-state index >= 15 is 0 Å². The van der Waals surface area contributed by atoms with Crippen LogP contribution in [0.15, 0.2) is 211 Å². The van der Waals surface area contributed by atoms with E-state index in [1.165, 1.54) is 43.4 Å². The number of benzene rings is 10. The summed E-state index contributed by atoms with van der Waals surface area (Å²) in [5.41, 5.74) is 9.85. The molecule has 0 radical (unpaired) electrons. The van der Waals surface area contributed by atoms with Crippen LogP contribution in [0, 0.1) is 0 Å². The van der Waals surface area contributed by atoms with Crippen LogP contribution in [0.4, 0.5) is 0 Å². The number of rotatable bonds is 5. The van der Waals surface area contributed by atoms with Crippen molar-refractivity contribution in [3.8, 4) is 51.0 Å². The topological polar surface area (TPSA) is 56.7 Å². The molecule has 13 aromatic rings. The van der Waals surface area contributed by atoms with E-state index in [0.29, 0.717) is 17.5 Å². The van der Waals surface area contributed by atoms with Crippen molar-refractivity contribution in [1.82, 2.24) is 19.5 Å². The zero-order valence-corrected chi connectivity index (χ0v) is 33.3. The van der Waals surface area contributed by atoms with E-state index in [2.05, 4.69) is 180 Å². The predicted octanol–water partition coefficient (Wildman–Crippen LogP) is 15.0. The first-order valence-electron chi connectivity index (χ1n) is 20.9. The highest BCUT2D eigenvalue weighted by atomic mass is 16.3. The third-order valence-electron chi connectivity index (χ3n) is 12.4. The molecule has 0 spiro atoms. The second-order valence-electron chi connectivity index (χ2n) is 16.0. The highest BCUT2D eigenvalue weighted by Gasteiger charge is 2.21. The lowest BCUT2D eigenvalue weighted by Crippen LogP contribution is -2.01. The zero-order chi connectivity index (χ0) is 40.7. The second kappa shape index (κ2) is 13.6. The van der Waals surface area contributed by atoms with Crippen molar-refractivity contribution >= 4 is 76.1 Å². The summed E-state index contributed by atoms with van der Waals surface area (Å²) in [6.45, 7) is 0. The van der Waals surface area contributed by atoms with Crippen LogP contribution < -0.4 is 0 Å². The third kappa shape index (κ3) is 5.45. The average molecular weight is 791 g/mol. The first-order valence-corrected chi connectivity index (χ1v) is 20.9. The molecule has 13 rings (SSSR count). The lowest BCUT2D eigenvalue weighted by molar-refractivity contribution is 0.669. The monoisotopic (exact) mass is 790 g/mol. The number of para-hydroxylation sites is 1. The lowest BCUT2D eigenvalue weighted by atomic mass is 9.98.